The van der Waals surface area contributed by atoms with Gasteiger partial charge in [-0.2, -0.15) is 5.10 Å². The monoisotopic (exact) mass is 477 g/mol. The first kappa shape index (κ1) is 23.6. The summed E-state index contributed by atoms with van der Waals surface area (Å²) in [5, 5.41) is 9.31. The van der Waals surface area contributed by atoms with Gasteiger partial charge in [-0.15, -0.1) is 0 Å². The summed E-state index contributed by atoms with van der Waals surface area (Å²) in [5.74, 6) is -1.12. The SMILES string of the molecule is Cc1c(Oc2ccnc(NC(=O)c3ccnn3C)c2)cccc1C(=O)NCc1cc(F)cc(F)c1. The van der Waals surface area contributed by atoms with Crippen molar-refractivity contribution in [1.82, 2.24) is 20.1 Å². The van der Waals surface area contributed by atoms with Crippen LogP contribution in [0.5, 0.6) is 11.5 Å². The fourth-order valence-corrected chi connectivity index (χ4v) is 3.41. The van der Waals surface area contributed by atoms with Crippen LogP contribution in [0.4, 0.5) is 14.6 Å². The van der Waals surface area contributed by atoms with Gasteiger partial charge in [0.15, 0.2) is 0 Å². The number of ether oxygens (including phenoxy) is 1. The molecule has 0 spiro atoms. The molecule has 2 heterocycles. The van der Waals surface area contributed by atoms with Crippen molar-refractivity contribution in [3.63, 3.8) is 0 Å². The third-order valence-corrected chi connectivity index (χ3v) is 5.16. The van der Waals surface area contributed by atoms with Crippen LogP contribution in [0.15, 0.2) is 67.0 Å². The number of nitrogens with zero attached hydrogens (tertiary/aromatic N) is 3. The summed E-state index contributed by atoms with van der Waals surface area (Å²) < 4.78 is 34.2. The maximum Gasteiger partial charge on any atom is 0.275 e. The predicted octanol–water partition coefficient (Wildman–Crippen LogP) is 4.38. The van der Waals surface area contributed by atoms with E-state index < -0.39 is 17.5 Å². The van der Waals surface area contributed by atoms with Crippen LogP contribution < -0.4 is 15.4 Å². The zero-order chi connectivity index (χ0) is 24.9. The molecule has 10 heteroatoms. The molecule has 0 saturated carbocycles. The van der Waals surface area contributed by atoms with Crippen molar-refractivity contribution in [3.05, 3.63) is 101 Å². The Bertz CT molecular complexity index is 1380. The molecule has 2 amide bonds. The minimum Gasteiger partial charge on any atom is -0.457 e. The van der Waals surface area contributed by atoms with Crippen LogP contribution in [0.25, 0.3) is 0 Å². The summed E-state index contributed by atoms with van der Waals surface area (Å²) in [6, 6.07) is 12.8. The summed E-state index contributed by atoms with van der Waals surface area (Å²) in [5.41, 5.74) is 1.58. The van der Waals surface area contributed by atoms with Crippen molar-refractivity contribution in [3.8, 4) is 11.5 Å². The fourth-order valence-electron chi connectivity index (χ4n) is 3.41. The molecule has 2 N–H and O–H groups in total. The van der Waals surface area contributed by atoms with E-state index in [1.54, 1.807) is 50.4 Å². The summed E-state index contributed by atoms with van der Waals surface area (Å²) in [4.78, 5) is 29.2. The van der Waals surface area contributed by atoms with Crippen LogP contribution in [0.2, 0.25) is 0 Å². The molecule has 0 fully saturated rings. The van der Waals surface area contributed by atoms with Gasteiger partial charge in [-0.25, -0.2) is 13.8 Å². The van der Waals surface area contributed by atoms with Gasteiger partial charge in [-0.1, -0.05) is 6.07 Å². The van der Waals surface area contributed by atoms with E-state index in [0.29, 0.717) is 33.9 Å². The molecule has 178 valence electrons. The first-order valence-electron chi connectivity index (χ1n) is 10.6. The molecular weight excluding hydrogens is 456 g/mol. The first-order chi connectivity index (χ1) is 16.8. The van der Waals surface area contributed by atoms with E-state index in [1.165, 1.54) is 17.1 Å². The molecule has 2 aromatic carbocycles. The average molecular weight is 477 g/mol. The number of rotatable bonds is 7. The number of aryl methyl sites for hydroxylation is 1. The molecule has 0 radical (unpaired) electrons. The number of nitrogens with one attached hydrogen (secondary N) is 2. The van der Waals surface area contributed by atoms with Crippen molar-refractivity contribution < 1.29 is 23.1 Å². The lowest BCUT2D eigenvalue weighted by molar-refractivity contribution is 0.0948. The summed E-state index contributed by atoms with van der Waals surface area (Å²) in [6.45, 7) is 1.68. The van der Waals surface area contributed by atoms with E-state index in [2.05, 4.69) is 20.7 Å². The number of carbonyl (C=O) groups excluding carboxylic acids is 2. The number of halogens is 2. The van der Waals surface area contributed by atoms with Crippen molar-refractivity contribution in [1.29, 1.82) is 0 Å². The van der Waals surface area contributed by atoms with E-state index in [0.717, 1.165) is 18.2 Å². The van der Waals surface area contributed by atoms with E-state index in [9.17, 15) is 18.4 Å². The maximum absolute atomic E-state index is 13.4. The van der Waals surface area contributed by atoms with Crippen molar-refractivity contribution in [2.75, 3.05) is 5.32 Å². The highest BCUT2D eigenvalue weighted by Gasteiger charge is 2.15. The number of hydrogen-bond acceptors (Lipinski definition) is 5. The lowest BCUT2D eigenvalue weighted by Gasteiger charge is -2.13. The van der Waals surface area contributed by atoms with Crippen LogP contribution in [-0.2, 0) is 13.6 Å². The van der Waals surface area contributed by atoms with Gasteiger partial charge in [0.2, 0.25) is 0 Å². The zero-order valence-corrected chi connectivity index (χ0v) is 18.9. The lowest BCUT2D eigenvalue weighted by Crippen LogP contribution is -2.23. The molecule has 2 aromatic heterocycles. The minimum atomic E-state index is -0.714. The number of hydrogen-bond donors (Lipinski definition) is 2. The van der Waals surface area contributed by atoms with Crippen LogP contribution >= 0.6 is 0 Å². The molecule has 0 atom stereocenters. The van der Waals surface area contributed by atoms with Gasteiger partial charge in [-0.05, 0) is 48.9 Å². The number of carbonyl (C=O) groups is 2. The highest BCUT2D eigenvalue weighted by atomic mass is 19.1. The van der Waals surface area contributed by atoms with E-state index >= 15 is 0 Å². The van der Waals surface area contributed by atoms with Crippen molar-refractivity contribution in [2.45, 2.75) is 13.5 Å². The zero-order valence-electron chi connectivity index (χ0n) is 18.9. The van der Waals surface area contributed by atoms with Gasteiger partial charge in [0.05, 0.1) is 0 Å². The topological polar surface area (TPSA) is 98.1 Å². The molecule has 35 heavy (non-hydrogen) atoms. The molecule has 4 aromatic rings. The summed E-state index contributed by atoms with van der Waals surface area (Å²) >= 11 is 0. The van der Waals surface area contributed by atoms with Gasteiger partial charge in [0.25, 0.3) is 11.8 Å². The van der Waals surface area contributed by atoms with Crippen LogP contribution in [-0.4, -0.2) is 26.6 Å². The molecule has 4 rings (SSSR count). The first-order valence-corrected chi connectivity index (χ1v) is 10.6. The Hall–Kier alpha value is -4.60. The van der Waals surface area contributed by atoms with E-state index in [1.807, 2.05) is 0 Å². The Morgan fingerprint density at radius 3 is 2.49 bits per heavy atom. The molecule has 0 saturated heterocycles. The number of anilines is 1. The fraction of sp³-hybridized carbons (Fsp3) is 0.120. The molecule has 0 unspecified atom stereocenters. The summed E-state index contributed by atoms with van der Waals surface area (Å²) in [7, 11) is 1.66. The normalized spacial score (nSPS) is 10.6. The number of aromatic nitrogens is 3. The molecule has 0 aliphatic heterocycles. The second-order valence-electron chi connectivity index (χ2n) is 7.66. The van der Waals surface area contributed by atoms with Gasteiger partial charge >= 0.3 is 0 Å². The van der Waals surface area contributed by atoms with Gasteiger partial charge in [0, 0.05) is 49.2 Å². The highest BCUT2D eigenvalue weighted by Crippen LogP contribution is 2.28. The third-order valence-electron chi connectivity index (χ3n) is 5.16. The Balaban J connectivity index is 1.46. The Labute approximate surface area is 199 Å². The Morgan fingerprint density at radius 2 is 1.77 bits per heavy atom. The largest absolute Gasteiger partial charge is 0.457 e. The predicted molar refractivity (Wildman–Crippen MR) is 124 cm³/mol. The molecule has 0 aliphatic rings. The van der Waals surface area contributed by atoms with Crippen LogP contribution in [0, 0.1) is 18.6 Å². The van der Waals surface area contributed by atoms with Crippen molar-refractivity contribution in [2.24, 2.45) is 7.05 Å². The highest BCUT2D eigenvalue weighted by molar-refractivity contribution is 6.02. The average Bonchev–Trinajstić information content (AvgIpc) is 3.24. The Kier molecular flexibility index (Phi) is 6.81. The van der Waals surface area contributed by atoms with Crippen LogP contribution in [0.1, 0.15) is 32.0 Å². The minimum absolute atomic E-state index is 0.0396. The van der Waals surface area contributed by atoms with E-state index in [4.69, 9.17) is 4.74 Å². The number of pyridine rings is 1. The van der Waals surface area contributed by atoms with Gasteiger partial charge in [-0.3, -0.25) is 14.3 Å². The smallest absolute Gasteiger partial charge is 0.275 e. The quantitative estimate of drug-likeness (QED) is 0.412. The second-order valence-corrected chi connectivity index (χ2v) is 7.66. The van der Waals surface area contributed by atoms with Crippen LogP contribution in [0.3, 0.4) is 0 Å². The second kappa shape index (κ2) is 10.1. The lowest BCUT2D eigenvalue weighted by atomic mass is 10.1. The van der Waals surface area contributed by atoms with Crippen molar-refractivity contribution >= 4 is 17.6 Å². The van der Waals surface area contributed by atoms with E-state index in [-0.39, 0.29) is 18.3 Å². The Morgan fingerprint density at radius 1 is 1.00 bits per heavy atom. The molecule has 8 nitrogen and oxygen atoms in total. The van der Waals surface area contributed by atoms with Gasteiger partial charge in [0.1, 0.15) is 34.6 Å². The number of amides is 2. The molecular formula is C25H21F2N5O3. The standard InChI is InChI=1S/C25H21F2N5O3/c1-15-20(24(33)29-14-16-10-17(26)12-18(27)11-16)4-3-5-22(15)35-19-6-8-28-23(13-19)31-25(34)21-7-9-30-32(21)2/h3-13H,14H2,1-2H3,(H,29,33)(H,28,31,34). The number of benzene rings is 2. The molecule has 0 aliphatic carbocycles. The summed E-state index contributed by atoms with van der Waals surface area (Å²) in [6.07, 6.45) is 3.00. The van der Waals surface area contributed by atoms with Gasteiger partial charge < -0.3 is 15.4 Å². The molecule has 0 bridgehead atoms. The maximum atomic E-state index is 13.4. The third kappa shape index (κ3) is 5.67.